The summed E-state index contributed by atoms with van der Waals surface area (Å²) in [5.74, 6) is 0. The van der Waals surface area contributed by atoms with Crippen molar-refractivity contribution in [1.29, 1.82) is 0 Å². The van der Waals surface area contributed by atoms with Crippen molar-refractivity contribution in [1.82, 2.24) is 4.90 Å². The number of nitrogens with zero attached hydrogens (tertiary/aromatic N) is 2. The molecule has 2 N–H and O–H groups in total. The van der Waals surface area contributed by atoms with Gasteiger partial charge in [0, 0.05) is 36.9 Å². The van der Waals surface area contributed by atoms with Gasteiger partial charge < -0.3 is 15.5 Å². The lowest BCUT2D eigenvalue weighted by Crippen LogP contribution is -2.29. The van der Waals surface area contributed by atoms with Gasteiger partial charge in [-0.2, -0.15) is 0 Å². The van der Waals surface area contributed by atoms with Gasteiger partial charge in [0.2, 0.25) is 0 Å². The number of hydrogen-bond acceptors (Lipinski definition) is 3. The molecule has 0 fully saturated rings. The smallest absolute Gasteiger partial charge is 0.0426 e. The quantitative estimate of drug-likeness (QED) is 0.860. The zero-order chi connectivity index (χ0) is 13.7. The molecule has 0 aliphatic rings. The molecule has 0 radical (unpaired) electrons. The Morgan fingerprint density at radius 3 is 2.44 bits per heavy atom. The lowest BCUT2D eigenvalue weighted by Gasteiger charge is -2.25. The second kappa shape index (κ2) is 6.98. The zero-order valence-corrected chi connectivity index (χ0v) is 12.5. The summed E-state index contributed by atoms with van der Waals surface area (Å²) in [4.78, 5) is 4.41. The van der Waals surface area contributed by atoms with Crippen LogP contribution >= 0.6 is 11.6 Å². The van der Waals surface area contributed by atoms with E-state index in [1.54, 1.807) is 0 Å². The summed E-state index contributed by atoms with van der Waals surface area (Å²) in [7, 11) is 6.25. The van der Waals surface area contributed by atoms with Gasteiger partial charge in [-0.25, -0.2) is 0 Å². The fraction of sp³-hybridized carbons (Fsp3) is 0.571. The second-order valence-electron chi connectivity index (χ2n) is 5.18. The van der Waals surface area contributed by atoms with Crippen LogP contribution in [-0.4, -0.2) is 45.2 Å². The van der Waals surface area contributed by atoms with Gasteiger partial charge in [-0.15, -0.1) is 0 Å². The molecule has 0 bridgehead atoms. The summed E-state index contributed by atoms with van der Waals surface area (Å²) in [6.45, 7) is 4.01. The van der Waals surface area contributed by atoms with Crippen molar-refractivity contribution in [3.8, 4) is 0 Å². The fourth-order valence-corrected chi connectivity index (χ4v) is 2.05. The number of anilines is 1. The summed E-state index contributed by atoms with van der Waals surface area (Å²) in [6.07, 6.45) is 0.874. The van der Waals surface area contributed by atoms with Crippen LogP contribution in [0.1, 0.15) is 12.5 Å². The maximum absolute atomic E-state index is 6.09. The Bertz CT molecular complexity index is 377. The molecule has 1 aromatic rings. The molecule has 1 rings (SSSR count). The third kappa shape index (κ3) is 4.84. The van der Waals surface area contributed by atoms with E-state index in [1.807, 2.05) is 19.1 Å². The van der Waals surface area contributed by atoms with Crippen LogP contribution in [0.3, 0.4) is 0 Å². The van der Waals surface area contributed by atoms with Gasteiger partial charge in [0.25, 0.3) is 0 Å². The van der Waals surface area contributed by atoms with E-state index < -0.39 is 0 Å². The largest absolute Gasteiger partial charge is 0.373 e. The van der Waals surface area contributed by atoms with Gasteiger partial charge in [0.05, 0.1) is 0 Å². The molecule has 0 heterocycles. The minimum Gasteiger partial charge on any atom is -0.373 e. The molecule has 102 valence electrons. The molecular formula is C14H24ClN3. The predicted molar refractivity (Wildman–Crippen MR) is 80.6 cm³/mol. The highest BCUT2D eigenvalue weighted by molar-refractivity contribution is 6.30. The van der Waals surface area contributed by atoms with Gasteiger partial charge in [-0.1, -0.05) is 17.7 Å². The highest BCUT2D eigenvalue weighted by Crippen LogP contribution is 2.25. The molecule has 3 nitrogen and oxygen atoms in total. The average Bonchev–Trinajstić information content (AvgIpc) is 2.27. The van der Waals surface area contributed by atoms with E-state index in [-0.39, 0.29) is 6.04 Å². The third-order valence-electron chi connectivity index (χ3n) is 2.88. The summed E-state index contributed by atoms with van der Waals surface area (Å²) < 4.78 is 0. The number of hydrogen-bond donors (Lipinski definition) is 1. The van der Waals surface area contributed by atoms with Crippen LogP contribution in [0, 0.1) is 0 Å². The van der Waals surface area contributed by atoms with Crippen molar-refractivity contribution in [3.05, 3.63) is 28.8 Å². The molecule has 0 saturated carbocycles. The van der Waals surface area contributed by atoms with E-state index in [0.717, 1.165) is 24.5 Å². The van der Waals surface area contributed by atoms with Gasteiger partial charge >= 0.3 is 0 Å². The SMILES string of the molecule is CC(N)Cc1ccc(Cl)cc1N(C)CCN(C)C. The van der Waals surface area contributed by atoms with Gasteiger partial charge in [0.15, 0.2) is 0 Å². The Hall–Kier alpha value is -0.770. The first-order chi connectivity index (χ1) is 8.40. The van der Waals surface area contributed by atoms with Crippen molar-refractivity contribution in [3.63, 3.8) is 0 Å². The molecule has 0 aromatic heterocycles. The molecule has 4 heteroatoms. The Balaban J connectivity index is 2.86. The van der Waals surface area contributed by atoms with Gasteiger partial charge in [-0.3, -0.25) is 0 Å². The van der Waals surface area contributed by atoms with Crippen molar-refractivity contribution in [2.75, 3.05) is 39.1 Å². The fourth-order valence-electron chi connectivity index (χ4n) is 1.88. The van der Waals surface area contributed by atoms with Crippen LogP contribution in [0.15, 0.2) is 18.2 Å². The molecule has 0 saturated heterocycles. The van der Waals surface area contributed by atoms with Crippen LogP contribution in [0.5, 0.6) is 0 Å². The minimum atomic E-state index is 0.159. The predicted octanol–water partition coefficient (Wildman–Crippen LogP) is 2.23. The molecule has 18 heavy (non-hydrogen) atoms. The van der Waals surface area contributed by atoms with E-state index in [2.05, 4.69) is 37.0 Å². The summed E-state index contributed by atoms with van der Waals surface area (Å²) in [5, 5.41) is 0.773. The maximum Gasteiger partial charge on any atom is 0.0426 e. The van der Waals surface area contributed by atoms with E-state index in [1.165, 1.54) is 11.3 Å². The molecule has 0 spiro atoms. The summed E-state index contributed by atoms with van der Waals surface area (Å²) >= 11 is 6.09. The number of likely N-dealkylation sites (N-methyl/N-ethyl adjacent to an activating group) is 2. The number of benzene rings is 1. The van der Waals surface area contributed by atoms with Crippen LogP contribution in [0.2, 0.25) is 5.02 Å². The van der Waals surface area contributed by atoms with E-state index in [4.69, 9.17) is 17.3 Å². The average molecular weight is 270 g/mol. The number of rotatable bonds is 6. The monoisotopic (exact) mass is 269 g/mol. The second-order valence-corrected chi connectivity index (χ2v) is 5.62. The van der Waals surface area contributed by atoms with Crippen LogP contribution in [-0.2, 0) is 6.42 Å². The van der Waals surface area contributed by atoms with E-state index in [0.29, 0.717) is 0 Å². The lowest BCUT2D eigenvalue weighted by molar-refractivity contribution is 0.416. The van der Waals surface area contributed by atoms with Crippen molar-refractivity contribution < 1.29 is 0 Å². The Morgan fingerprint density at radius 1 is 1.22 bits per heavy atom. The van der Waals surface area contributed by atoms with Crippen LogP contribution < -0.4 is 10.6 Å². The third-order valence-corrected chi connectivity index (χ3v) is 3.12. The topological polar surface area (TPSA) is 32.5 Å². The van der Waals surface area contributed by atoms with Crippen molar-refractivity contribution in [2.45, 2.75) is 19.4 Å². The highest BCUT2D eigenvalue weighted by Gasteiger charge is 2.10. The first-order valence-electron chi connectivity index (χ1n) is 6.30. The number of halogens is 1. The molecule has 0 amide bonds. The minimum absolute atomic E-state index is 0.159. The Kier molecular flexibility index (Phi) is 5.93. The first-order valence-corrected chi connectivity index (χ1v) is 6.68. The van der Waals surface area contributed by atoms with Crippen LogP contribution in [0.25, 0.3) is 0 Å². The van der Waals surface area contributed by atoms with E-state index in [9.17, 15) is 0 Å². The van der Waals surface area contributed by atoms with Crippen molar-refractivity contribution in [2.24, 2.45) is 5.73 Å². The molecular weight excluding hydrogens is 246 g/mol. The molecule has 1 unspecified atom stereocenters. The van der Waals surface area contributed by atoms with Gasteiger partial charge in [-0.05, 0) is 45.1 Å². The Labute approximate surface area is 116 Å². The zero-order valence-electron chi connectivity index (χ0n) is 11.8. The van der Waals surface area contributed by atoms with E-state index >= 15 is 0 Å². The number of nitrogens with two attached hydrogens (primary N) is 1. The normalized spacial score (nSPS) is 12.8. The molecule has 0 aliphatic heterocycles. The lowest BCUT2D eigenvalue weighted by atomic mass is 10.0. The van der Waals surface area contributed by atoms with Gasteiger partial charge in [0.1, 0.15) is 0 Å². The van der Waals surface area contributed by atoms with Crippen LogP contribution in [0.4, 0.5) is 5.69 Å². The first kappa shape index (κ1) is 15.3. The Morgan fingerprint density at radius 2 is 1.89 bits per heavy atom. The summed E-state index contributed by atoms with van der Waals surface area (Å²) in [6, 6.07) is 6.19. The standard InChI is InChI=1S/C14H24ClN3/c1-11(16)9-12-5-6-13(15)10-14(12)18(4)8-7-17(2)3/h5-6,10-11H,7-9,16H2,1-4H3. The maximum atomic E-state index is 6.09. The molecule has 1 aromatic carbocycles. The van der Waals surface area contributed by atoms with Crippen molar-refractivity contribution >= 4 is 17.3 Å². The highest BCUT2D eigenvalue weighted by atomic mass is 35.5. The summed E-state index contributed by atoms with van der Waals surface area (Å²) in [5.41, 5.74) is 8.34. The molecule has 1 atom stereocenters. The molecule has 0 aliphatic carbocycles.